The van der Waals surface area contributed by atoms with Gasteiger partial charge in [0.25, 0.3) is 5.91 Å². The van der Waals surface area contributed by atoms with Crippen molar-refractivity contribution < 1.29 is 34.1 Å². The Labute approximate surface area is 193 Å². The number of thiocarbonyl (C=S) groups is 1. The minimum atomic E-state index is -1.58. The van der Waals surface area contributed by atoms with Crippen LogP contribution in [0.5, 0.6) is 11.5 Å². The van der Waals surface area contributed by atoms with Gasteiger partial charge in [-0.3, -0.25) is 14.5 Å². The molecule has 166 valence electrons. The number of carboxylic acids is 2. The van der Waals surface area contributed by atoms with Gasteiger partial charge in [-0.25, -0.2) is 4.79 Å². The molecule has 8 nitrogen and oxygen atoms in total. The van der Waals surface area contributed by atoms with Crippen molar-refractivity contribution in [2.45, 2.75) is 19.1 Å². The molecule has 1 aliphatic heterocycles. The van der Waals surface area contributed by atoms with Gasteiger partial charge in [-0.2, -0.15) is 0 Å². The highest BCUT2D eigenvalue weighted by atomic mass is 32.2. The summed E-state index contributed by atoms with van der Waals surface area (Å²) in [6.45, 7) is 0.318. The molecule has 0 radical (unpaired) electrons. The standard InChI is InChI=1S/C22H19NO7S2/c1-29-16-8-7-14(9-17(16)30-12-13-5-3-2-4-6-13)10-18-20(26)23(22(31)32-18)15(21(27)28)11-19(24)25/h2-10,15H,11-12H2,1H3,(H,24,25)(H,27,28). The number of benzene rings is 2. The van der Waals surface area contributed by atoms with E-state index < -0.39 is 30.3 Å². The van der Waals surface area contributed by atoms with Crippen LogP contribution in [-0.2, 0) is 21.0 Å². The minimum Gasteiger partial charge on any atom is -0.493 e. The number of carboxylic acid groups (broad SMARTS) is 2. The molecule has 1 heterocycles. The average Bonchev–Trinajstić information content (AvgIpc) is 3.03. The van der Waals surface area contributed by atoms with Crippen LogP contribution >= 0.6 is 24.0 Å². The smallest absolute Gasteiger partial charge is 0.327 e. The number of carbonyl (C=O) groups excluding carboxylic acids is 1. The molecular formula is C22H19NO7S2. The Balaban J connectivity index is 1.84. The molecule has 0 spiro atoms. The number of rotatable bonds is 9. The second-order valence-corrected chi connectivity index (χ2v) is 8.36. The summed E-state index contributed by atoms with van der Waals surface area (Å²) in [6.07, 6.45) is 0.795. The van der Waals surface area contributed by atoms with E-state index in [0.29, 0.717) is 23.7 Å². The number of methoxy groups -OCH3 is 1. The predicted octanol–water partition coefficient (Wildman–Crippen LogP) is 3.40. The molecule has 32 heavy (non-hydrogen) atoms. The summed E-state index contributed by atoms with van der Waals surface area (Å²) in [4.78, 5) is 36.4. The van der Waals surface area contributed by atoms with Gasteiger partial charge in [-0.15, -0.1) is 0 Å². The topological polar surface area (TPSA) is 113 Å². The quantitative estimate of drug-likeness (QED) is 0.418. The van der Waals surface area contributed by atoms with Crippen molar-refractivity contribution in [3.05, 3.63) is 64.6 Å². The first-order valence-electron chi connectivity index (χ1n) is 9.36. The third-order valence-electron chi connectivity index (χ3n) is 4.51. The van der Waals surface area contributed by atoms with Crippen LogP contribution in [0.1, 0.15) is 17.5 Å². The molecule has 1 unspecified atom stereocenters. The zero-order valence-electron chi connectivity index (χ0n) is 16.9. The molecule has 2 aromatic rings. The van der Waals surface area contributed by atoms with E-state index in [1.165, 1.54) is 7.11 Å². The molecule has 0 saturated carbocycles. The lowest BCUT2D eigenvalue weighted by atomic mass is 10.1. The van der Waals surface area contributed by atoms with Crippen LogP contribution < -0.4 is 9.47 Å². The summed E-state index contributed by atoms with van der Waals surface area (Å²) in [5.41, 5.74) is 1.58. The molecule has 0 aromatic heterocycles. The van der Waals surface area contributed by atoms with Crippen molar-refractivity contribution in [3.63, 3.8) is 0 Å². The fraction of sp³-hybridized carbons (Fsp3) is 0.182. The highest BCUT2D eigenvalue weighted by Crippen LogP contribution is 2.36. The molecule has 10 heteroatoms. The Kier molecular flexibility index (Phi) is 7.49. The number of hydrogen-bond acceptors (Lipinski definition) is 7. The number of thioether (sulfide) groups is 1. The average molecular weight is 474 g/mol. The monoisotopic (exact) mass is 473 g/mol. The van der Waals surface area contributed by atoms with Gasteiger partial charge in [0, 0.05) is 0 Å². The molecule has 1 aliphatic rings. The van der Waals surface area contributed by atoms with Crippen molar-refractivity contribution in [1.29, 1.82) is 0 Å². The van der Waals surface area contributed by atoms with Crippen LogP contribution in [0.3, 0.4) is 0 Å². The van der Waals surface area contributed by atoms with E-state index in [-0.39, 0.29) is 9.23 Å². The summed E-state index contributed by atoms with van der Waals surface area (Å²) in [5.74, 6) is -2.46. The maximum atomic E-state index is 12.8. The minimum absolute atomic E-state index is 0.0102. The predicted molar refractivity (Wildman–Crippen MR) is 122 cm³/mol. The van der Waals surface area contributed by atoms with Crippen LogP contribution in [0.2, 0.25) is 0 Å². The SMILES string of the molecule is COc1ccc(C=C2SC(=S)N(C(CC(=O)O)C(=O)O)C2=O)cc1OCc1ccccc1. The van der Waals surface area contributed by atoms with Crippen molar-refractivity contribution in [2.75, 3.05) is 7.11 Å². The van der Waals surface area contributed by atoms with Gasteiger partial charge in [-0.1, -0.05) is 60.4 Å². The first kappa shape index (κ1) is 23.3. The molecule has 1 atom stereocenters. The first-order valence-corrected chi connectivity index (χ1v) is 10.6. The maximum Gasteiger partial charge on any atom is 0.327 e. The van der Waals surface area contributed by atoms with E-state index in [1.54, 1.807) is 24.3 Å². The normalized spacial score (nSPS) is 15.7. The van der Waals surface area contributed by atoms with Crippen LogP contribution in [0, 0.1) is 0 Å². The summed E-state index contributed by atoms with van der Waals surface area (Å²) in [5, 5.41) is 18.4. The Morgan fingerprint density at radius 2 is 1.88 bits per heavy atom. The molecule has 1 amide bonds. The number of hydrogen-bond donors (Lipinski definition) is 2. The van der Waals surface area contributed by atoms with Gasteiger partial charge in [0.1, 0.15) is 17.0 Å². The maximum absolute atomic E-state index is 12.8. The van der Waals surface area contributed by atoms with Crippen LogP contribution in [0.15, 0.2) is 53.4 Å². The van der Waals surface area contributed by atoms with E-state index in [9.17, 15) is 19.5 Å². The number of ether oxygens (including phenoxy) is 2. The van der Waals surface area contributed by atoms with Crippen LogP contribution in [-0.4, -0.2) is 50.4 Å². The van der Waals surface area contributed by atoms with Crippen molar-refractivity contribution in [3.8, 4) is 11.5 Å². The van der Waals surface area contributed by atoms with E-state index in [1.807, 2.05) is 30.3 Å². The van der Waals surface area contributed by atoms with Gasteiger partial charge in [-0.05, 0) is 29.3 Å². The summed E-state index contributed by atoms with van der Waals surface area (Å²) in [7, 11) is 1.52. The summed E-state index contributed by atoms with van der Waals surface area (Å²) >= 11 is 6.06. The molecule has 2 N–H and O–H groups in total. The fourth-order valence-electron chi connectivity index (χ4n) is 2.99. The molecule has 0 aliphatic carbocycles. The Bertz CT molecular complexity index is 1080. The Morgan fingerprint density at radius 3 is 2.50 bits per heavy atom. The first-order chi connectivity index (χ1) is 15.3. The number of carbonyl (C=O) groups is 3. The zero-order valence-corrected chi connectivity index (χ0v) is 18.5. The lowest BCUT2D eigenvalue weighted by Crippen LogP contribution is -2.45. The second kappa shape index (κ2) is 10.3. The van der Waals surface area contributed by atoms with Gasteiger partial charge < -0.3 is 19.7 Å². The van der Waals surface area contributed by atoms with Crippen molar-refractivity contribution >= 4 is 52.2 Å². The van der Waals surface area contributed by atoms with E-state index in [4.69, 9.17) is 26.8 Å². The van der Waals surface area contributed by atoms with E-state index >= 15 is 0 Å². The van der Waals surface area contributed by atoms with Gasteiger partial charge >= 0.3 is 11.9 Å². The van der Waals surface area contributed by atoms with Crippen molar-refractivity contribution in [2.24, 2.45) is 0 Å². The van der Waals surface area contributed by atoms with Crippen LogP contribution in [0.4, 0.5) is 0 Å². The van der Waals surface area contributed by atoms with Crippen molar-refractivity contribution in [1.82, 2.24) is 4.90 Å². The molecule has 1 fully saturated rings. The highest BCUT2D eigenvalue weighted by Gasteiger charge is 2.41. The Hall–Kier alpha value is -3.37. The number of nitrogens with zero attached hydrogens (tertiary/aromatic N) is 1. The highest BCUT2D eigenvalue weighted by molar-refractivity contribution is 8.26. The van der Waals surface area contributed by atoms with E-state index in [2.05, 4.69) is 0 Å². The summed E-state index contributed by atoms with van der Waals surface area (Å²) < 4.78 is 11.2. The lowest BCUT2D eigenvalue weighted by molar-refractivity contribution is -0.150. The van der Waals surface area contributed by atoms with Crippen LogP contribution in [0.25, 0.3) is 6.08 Å². The van der Waals surface area contributed by atoms with Gasteiger partial charge in [0.2, 0.25) is 0 Å². The second-order valence-electron chi connectivity index (χ2n) is 6.69. The third kappa shape index (κ3) is 5.45. The molecule has 2 aromatic carbocycles. The van der Waals surface area contributed by atoms with Gasteiger partial charge in [0.15, 0.2) is 11.5 Å². The fourth-order valence-corrected chi connectivity index (χ4v) is 4.34. The number of aliphatic carboxylic acids is 2. The zero-order chi connectivity index (χ0) is 23.3. The third-order valence-corrected chi connectivity index (χ3v) is 5.84. The molecular weight excluding hydrogens is 454 g/mol. The lowest BCUT2D eigenvalue weighted by Gasteiger charge is -2.21. The molecule has 0 bridgehead atoms. The largest absolute Gasteiger partial charge is 0.493 e. The number of amides is 1. The van der Waals surface area contributed by atoms with E-state index in [0.717, 1.165) is 22.2 Å². The Morgan fingerprint density at radius 1 is 1.16 bits per heavy atom. The molecule has 3 rings (SSSR count). The van der Waals surface area contributed by atoms with Gasteiger partial charge in [0.05, 0.1) is 18.4 Å². The molecule has 1 saturated heterocycles. The summed E-state index contributed by atoms with van der Waals surface area (Å²) in [6, 6.07) is 13.1.